The first-order valence-electron chi connectivity index (χ1n) is 9.54. The van der Waals surface area contributed by atoms with E-state index < -0.39 is 5.91 Å². The van der Waals surface area contributed by atoms with Gasteiger partial charge in [0.15, 0.2) is 18.1 Å². The van der Waals surface area contributed by atoms with E-state index in [9.17, 15) is 4.79 Å². The number of benzene rings is 1. The zero-order chi connectivity index (χ0) is 18.3. The van der Waals surface area contributed by atoms with Crippen molar-refractivity contribution < 1.29 is 14.3 Å². The number of methoxy groups -OCH3 is 1. The molecule has 4 bridgehead atoms. The number of hydrogen-bond acceptors (Lipinski definition) is 4. The van der Waals surface area contributed by atoms with Crippen molar-refractivity contribution in [1.29, 1.82) is 0 Å². The highest BCUT2D eigenvalue weighted by Gasteiger charge is 2.47. The van der Waals surface area contributed by atoms with E-state index >= 15 is 0 Å². The summed E-state index contributed by atoms with van der Waals surface area (Å²) in [5, 5.41) is 3.84. The Morgan fingerprint density at radius 2 is 1.85 bits per heavy atom. The second-order valence-electron chi connectivity index (χ2n) is 8.20. The summed E-state index contributed by atoms with van der Waals surface area (Å²) in [6.45, 7) is 0.651. The molecule has 0 spiro atoms. The molecule has 6 heteroatoms. The average Bonchev–Trinajstić information content (AvgIpc) is 2.59. The molecule has 0 saturated heterocycles. The number of ether oxygens (including phenoxy) is 2. The molecule has 3 N–H and O–H groups in total. The summed E-state index contributed by atoms with van der Waals surface area (Å²) < 4.78 is 11.7. The van der Waals surface area contributed by atoms with Crippen molar-refractivity contribution >= 4 is 21.8 Å². The van der Waals surface area contributed by atoms with Gasteiger partial charge in [-0.25, -0.2) is 0 Å². The standard InChI is InChI=1S/C20H27BrN2O3/c1-25-17-8-13(7-16(21)20(17)26-10-18(22)24)9-23-19-14-3-11-2-12(5-14)6-15(19)4-11/h7-8,11-12,14-15,19,23H,2-6,9-10H2,1H3,(H2,22,24). The van der Waals surface area contributed by atoms with Crippen LogP contribution in [-0.2, 0) is 11.3 Å². The SMILES string of the molecule is COc1cc(CNC2C3CC4CC(C3)CC2C4)cc(Br)c1OCC(N)=O. The van der Waals surface area contributed by atoms with Gasteiger partial charge in [0.1, 0.15) is 0 Å². The highest BCUT2D eigenvalue weighted by Crippen LogP contribution is 2.53. The fourth-order valence-electron chi connectivity index (χ4n) is 5.65. The highest BCUT2D eigenvalue weighted by atomic mass is 79.9. The Kier molecular flexibility index (Phi) is 5.15. The summed E-state index contributed by atoms with van der Waals surface area (Å²) in [7, 11) is 1.61. The van der Waals surface area contributed by atoms with Crippen LogP contribution in [0.15, 0.2) is 16.6 Å². The smallest absolute Gasteiger partial charge is 0.255 e. The fraction of sp³-hybridized carbons (Fsp3) is 0.650. The minimum absolute atomic E-state index is 0.166. The predicted molar refractivity (Wildman–Crippen MR) is 103 cm³/mol. The first-order valence-corrected chi connectivity index (χ1v) is 10.3. The van der Waals surface area contributed by atoms with Gasteiger partial charge in [-0.15, -0.1) is 0 Å². The molecule has 142 valence electrons. The number of rotatable bonds is 7. The Labute approximate surface area is 163 Å². The maximum atomic E-state index is 11.0. The third-order valence-electron chi connectivity index (χ3n) is 6.42. The van der Waals surface area contributed by atoms with E-state index in [1.54, 1.807) is 7.11 Å². The number of nitrogens with two attached hydrogens (primary N) is 1. The van der Waals surface area contributed by atoms with E-state index in [1.165, 1.54) is 32.1 Å². The van der Waals surface area contributed by atoms with E-state index in [1.807, 2.05) is 12.1 Å². The van der Waals surface area contributed by atoms with Gasteiger partial charge in [-0.05, 0) is 89.4 Å². The molecule has 5 nitrogen and oxygen atoms in total. The summed E-state index contributed by atoms with van der Waals surface area (Å²) in [5.41, 5.74) is 6.32. The predicted octanol–water partition coefficient (Wildman–Crippen LogP) is 3.24. The molecule has 5 rings (SSSR count). The van der Waals surface area contributed by atoms with Crippen molar-refractivity contribution in [3.05, 3.63) is 22.2 Å². The number of carbonyl (C=O) groups is 1. The van der Waals surface area contributed by atoms with Crippen LogP contribution < -0.4 is 20.5 Å². The molecule has 0 atom stereocenters. The third-order valence-corrected chi connectivity index (χ3v) is 7.01. The summed E-state index contributed by atoms with van der Waals surface area (Å²) in [6.07, 6.45) is 7.14. The number of hydrogen-bond donors (Lipinski definition) is 2. The largest absolute Gasteiger partial charge is 0.493 e. The summed E-state index contributed by atoms with van der Waals surface area (Å²) in [6, 6.07) is 4.66. The quantitative estimate of drug-likeness (QED) is 0.707. The van der Waals surface area contributed by atoms with Crippen molar-refractivity contribution in [2.45, 2.75) is 44.7 Å². The zero-order valence-corrected chi connectivity index (χ0v) is 16.8. The first-order chi connectivity index (χ1) is 12.5. The van der Waals surface area contributed by atoms with E-state index in [0.29, 0.717) is 17.5 Å². The number of carbonyl (C=O) groups excluding carboxylic acids is 1. The van der Waals surface area contributed by atoms with E-state index in [0.717, 1.165) is 40.3 Å². The maximum absolute atomic E-state index is 11.0. The van der Waals surface area contributed by atoms with Gasteiger partial charge in [-0.3, -0.25) is 4.79 Å². The van der Waals surface area contributed by atoms with Gasteiger partial charge in [0.05, 0.1) is 11.6 Å². The van der Waals surface area contributed by atoms with Crippen LogP contribution in [0.1, 0.15) is 37.7 Å². The third kappa shape index (κ3) is 3.58. The van der Waals surface area contributed by atoms with Gasteiger partial charge in [-0.2, -0.15) is 0 Å². The Balaban J connectivity index is 1.43. The zero-order valence-electron chi connectivity index (χ0n) is 15.2. The molecule has 0 aromatic heterocycles. The lowest BCUT2D eigenvalue weighted by atomic mass is 9.54. The molecule has 4 aliphatic carbocycles. The number of halogens is 1. The van der Waals surface area contributed by atoms with Crippen LogP contribution in [0.5, 0.6) is 11.5 Å². The lowest BCUT2D eigenvalue weighted by molar-refractivity contribution is -0.119. The maximum Gasteiger partial charge on any atom is 0.255 e. The lowest BCUT2D eigenvalue weighted by Gasteiger charge is -2.54. The molecule has 1 aromatic carbocycles. The molecular formula is C20H27BrN2O3. The fourth-order valence-corrected chi connectivity index (χ4v) is 6.26. The lowest BCUT2D eigenvalue weighted by Crippen LogP contribution is -2.54. The highest BCUT2D eigenvalue weighted by molar-refractivity contribution is 9.10. The molecule has 4 fully saturated rings. The monoisotopic (exact) mass is 422 g/mol. The minimum atomic E-state index is -0.508. The van der Waals surface area contributed by atoms with Crippen LogP contribution in [0.3, 0.4) is 0 Å². The van der Waals surface area contributed by atoms with Crippen LogP contribution in [0, 0.1) is 23.7 Å². The Bertz CT molecular complexity index is 666. The van der Waals surface area contributed by atoms with E-state index in [-0.39, 0.29) is 6.61 Å². The van der Waals surface area contributed by atoms with Gasteiger partial charge in [0, 0.05) is 12.6 Å². The second kappa shape index (κ2) is 7.39. The molecule has 1 aromatic rings. The second-order valence-corrected chi connectivity index (χ2v) is 9.06. The summed E-state index contributed by atoms with van der Waals surface area (Å²) in [5.74, 6) is 4.32. The average molecular weight is 423 g/mol. The van der Waals surface area contributed by atoms with Crippen LogP contribution in [0.4, 0.5) is 0 Å². The van der Waals surface area contributed by atoms with Crippen molar-refractivity contribution in [2.24, 2.45) is 29.4 Å². The van der Waals surface area contributed by atoms with Crippen molar-refractivity contribution in [1.82, 2.24) is 5.32 Å². The Morgan fingerprint density at radius 3 is 2.42 bits per heavy atom. The summed E-state index contributed by atoms with van der Waals surface area (Å²) in [4.78, 5) is 11.0. The van der Waals surface area contributed by atoms with Crippen LogP contribution in [0.2, 0.25) is 0 Å². The molecular weight excluding hydrogens is 396 g/mol. The van der Waals surface area contributed by atoms with Crippen molar-refractivity contribution in [2.75, 3.05) is 13.7 Å². The topological polar surface area (TPSA) is 73.6 Å². The van der Waals surface area contributed by atoms with Crippen LogP contribution in [0.25, 0.3) is 0 Å². The van der Waals surface area contributed by atoms with Gasteiger partial charge < -0.3 is 20.5 Å². The van der Waals surface area contributed by atoms with Crippen LogP contribution in [-0.4, -0.2) is 25.7 Å². The normalized spacial score (nSPS) is 31.8. The molecule has 0 radical (unpaired) electrons. The molecule has 0 unspecified atom stereocenters. The van der Waals surface area contributed by atoms with Gasteiger partial charge in [-0.1, -0.05) is 0 Å². The molecule has 4 aliphatic rings. The molecule has 0 heterocycles. The van der Waals surface area contributed by atoms with Gasteiger partial charge in [0.25, 0.3) is 5.91 Å². The first kappa shape index (κ1) is 18.1. The molecule has 0 aliphatic heterocycles. The van der Waals surface area contributed by atoms with E-state index in [4.69, 9.17) is 15.2 Å². The molecule has 1 amide bonds. The number of primary amides is 1. The van der Waals surface area contributed by atoms with Crippen LogP contribution >= 0.6 is 15.9 Å². The molecule has 4 saturated carbocycles. The van der Waals surface area contributed by atoms with Crippen molar-refractivity contribution in [3.8, 4) is 11.5 Å². The number of amides is 1. The molecule has 26 heavy (non-hydrogen) atoms. The minimum Gasteiger partial charge on any atom is -0.493 e. The number of nitrogens with one attached hydrogen (secondary N) is 1. The van der Waals surface area contributed by atoms with Gasteiger partial charge in [0.2, 0.25) is 0 Å². The summed E-state index contributed by atoms with van der Waals surface area (Å²) >= 11 is 3.53. The Morgan fingerprint density at radius 1 is 1.19 bits per heavy atom. The Hall–Kier alpha value is -1.27. The van der Waals surface area contributed by atoms with Gasteiger partial charge >= 0.3 is 0 Å². The van der Waals surface area contributed by atoms with Crippen molar-refractivity contribution in [3.63, 3.8) is 0 Å². The van der Waals surface area contributed by atoms with E-state index in [2.05, 4.69) is 21.2 Å².